The fraction of sp³-hybridized carbons (Fsp3) is 0.0769. The largest absolute Gasteiger partial charge is 0.306 e. The van der Waals surface area contributed by atoms with Crippen LogP contribution in [-0.4, -0.2) is 25.7 Å². The SMILES string of the molecule is Cc1nnc(NC(=O)c2ccc(-n3ccnc3)cc2)s1. The van der Waals surface area contributed by atoms with Crippen LogP contribution in [0.1, 0.15) is 15.4 Å². The van der Waals surface area contributed by atoms with Gasteiger partial charge in [0.05, 0.1) is 6.33 Å². The highest BCUT2D eigenvalue weighted by Gasteiger charge is 2.09. The number of carbonyl (C=O) groups excluding carboxylic acids is 1. The van der Waals surface area contributed by atoms with E-state index < -0.39 is 0 Å². The van der Waals surface area contributed by atoms with Crippen LogP contribution in [0.15, 0.2) is 43.0 Å². The summed E-state index contributed by atoms with van der Waals surface area (Å²) in [7, 11) is 0. The third-order valence-corrected chi connectivity index (χ3v) is 3.43. The number of hydrogen-bond donors (Lipinski definition) is 1. The fourth-order valence-corrected chi connectivity index (χ4v) is 2.30. The van der Waals surface area contributed by atoms with Gasteiger partial charge in [-0.05, 0) is 31.2 Å². The molecule has 3 aromatic rings. The van der Waals surface area contributed by atoms with Crippen LogP contribution >= 0.6 is 11.3 Å². The predicted molar refractivity (Wildman–Crippen MR) is 76.2 cm³/mol. The first kappa shape index (κ1) is 12.5. The zero-order valence-corrected chi connectivity index (χ0v) is 11.5. The van der Waals surface area contributed by atoms with E-state index in [-0.39, 0.29) is 5.91 Å². The second-order valence-corrected chi connectivity index (χ2v) is 5.28. The monoisotopic (exact) mass is 285 g/mol. The van der Waals surface area contributed by atoms with Crippen molar-refractivity contribution >= 4 is 22.4 Å². The molecular formula is C13H11N5OS. The normalized spacial score (nSPS) is 10.4. The average molecular weight is 285 g/mol. The minimum absolute atomic E-state index is 0.196. The first-order chi connectivity index (χ1) is 9.72. The quantitative estimate of drug-likeness (QED) is 0.801. The van der Waals surface area contributed by atoms with Crippen LogP contribution in [0.3, 0.4) is 0 Å². The summed E-state index contributed by atoms with van der Waals surface area (Å²) in [5.41, 5.74) is 1.52. The Hall–Kier alpha value is -2.54. The Morgan fingerprint density at radius 1 is 1.25 bits per heavy atom. The second kappa shape index (κ2) is 5.22. The van der Waals surface area contributed by atoms with Crippen molar-refractivity contribution in [3.63, 3.8) is 0 Å². The summed E-state index contributed by atoms with van der Waals surface area (Å²) in [5, 5.41) is 11.8. The molecule has 6 nitrogen and oxygen atoms in total. The third kappa shape index (κ3) is 2.57. The number of aryl methyl sites for hydroxylation is 1. The summed E-state index contributed by atoms with van der Waals surface area (Å²) in [6, 6.07) is 7.25. The molecule has 0 bridgehead atoms. The molecular weight excluding hydrogens is 274 g/mol. The van der Waals surface area contributed by atoms with Crippen molar-refractivity contribution < 1.29 is 4.79 Å². The van der Waals surface area contributed by atoms with Crippen LogP contribution in [-0.2, 0) is 0 Å². The first-order valence-electron chi connectivity index (χ1n) is 5.92. The molecule has 0 aliphatic rings. The summed E-state index contributed by atoms with van der Waals surface area (Å²) in [5.74, 6) is -0.196. The number of imidazole rings is 1. The Bertz CT molecular complexity index is 718. The van der Waals surface area contributed by atoms with Gasteiger partial charge in [0.2, 0.25) is 5.13 Å². The molecule has 20 heavy (non-hydrogen) atoms. The smallest absolute Gasteiger partial charge is 0.257 e. The highest BCUT2D eigenvalue weighted by Crippen LogP contribution is 2.16. The minimum atomic E-state index is -0.196. The predicted octanol–water partition coefficient (Wildman–Crippen LogP) is 2.28. The highest BCUT2D eigenvalue weighted by atomic mass is 32.1. The van der Waals surface area contributed by atoms with Crippen molar-refractivity contribution in [3.05, 3.63) is 53.6 Å². The van der Waals surface area contributed by atoms with Crippen LogP contribution in [0.2, 0.25) is 0 Å². The van der Waals surface area contributed by atoms with Crippen molar-refractivity contribution in [3.8, 4) is 5.69 Å². The number of nitrogens with zero attached hydrogens (tertiary/aromatic N) is 4. The van der Waals surface area contributed by atoms with Crippen molar-refractivity contribution in [1.29, 1.82) is 0 Å². The number of aromatic nitrogens is 4. The molecule has 0 radical (unpaired) electrons. The van der Waals surface area contributed by atoms with Gasteiger partial charge in [0, 0.05) is 23.6 Å². The van der Waals surface area contributed by atoms with Crippen LogP contribution in [0, 0.1) is 6.92 Å². The van der Waals surface area contributed by atoms with E-state index in [0.29, 0.717) is 10.7 Å². The van der Waals surface area contributed by atoms with Crippen LogP contribution < -0.4 is 5.32 Å². The Morgan fingerprint density at radius 2 is 2.05 bits per heavy atom. The van der Waals surface area contributed by atoms with Crippen LogP contribution in [0.4, 0.5) is 5.13 Å². The van der Waals surface area contributed by atoms with E-state index in [1.54, 1.807) is 24.7 Å². The molecule has 7 heteroatoms. The van der Waals surface area contributed by atoms with Gasteiger partial charge < -0.3 is 4.57 Å². The molecule has 0 saturated carbocycles. The van der Waals surface area contributed by atoms with Crippen molar-refractivity contribution in [2.24, 2.45) is 0 Å². The number of hydrogen-bond acceptors (Lipinski definition) is 5. The number of nitrogens with one attached hydrogen (secondary N) is 1. The summed E-state index contributed by atoms with van der Waals surface area (Å²) in [6.07, 6.45) is 5.26. The summed E-state index contributed by atoms with van der Waals surface area (Å²) < 4.78 is 1.87. The summed E-state index contributed by atoms with van der Waals surface area (Å²) in [4.78, 5) is 16.0. The van der Waals surface area contributed by atoms with E-state index in [0.717, 1.165) is 10.7 Å². The molecule has 2 heterocycles. The van der Waals surface area contributed by atoms with Gasteiger partial charge in [-0.3, -0.25) is 10.1 Å². The molecule has 0 aliphatic heterocycles. The van der Waals surface area contributed by atoms with Crippen molar-refractivity contribution in [2.75, 3.05) is 5.32 Å². The minimum Gasteiger partial charge on any atom is -0.306 e. The molecule has 100 valence electrons. The summed E-state index contributed by atoms with van der Waals surface area (Å²) in [6.45, 7) is 1.84. The lowest BCUT2D eigenvalue weighted by atomic mass is 10.2. The summed E-state index contributed by atoms with van der Waals surface area (Å²) >= 11 is 1.35. The second-order valence-electron chi connectivity index (χ2n) is 4.10. The van der Waals surface area contributed by atoms with Gasteiger partial charge in [-0.1, -0.05) is 11.3 Å². The molecule has 0 atom stereocenters. The van der Waals surface area contributed by atoms with Gasteiger partial charge in [-0.15, -0.1) is 10.2 Å². The number of amides is 1. The standard InChI is InChI=1S/C13H11N5OS/c1-9-16-17-13(20-9)15-12(19)10-2-4-11(5-3-10)18-7-6-14-8-18/h2-8H,1H3,(H,15,17,19). The number of rotatable bonds is 3. The molecule has 1 N–H and O–H groups in total. The van der Waals surface area contributed by atoms with Crippen LogP contribution in [0.5, 0.6) is 0 Å². The van der Waals surface area contributed by atoms with E-state index in [4.69, 9.17) is 0 Å². The molecule has 1 aromatic carbocycles. The Morgan fingerprint density at radius 3 is 2.65 bits per heavy atom. The van der Waals surface area contributed by atoms with Gasteiger partial charge in [-0.25, -0.2) is 4.98 Å². The maximum Gasteiger partial charge on any atom is 0.257 e. The van der Waals surface area contributed by atoms with Gasteiger partial charge in [0.15, 0.2) is 0 Å². The maximum absolute atomic E-state index is 12.0. The Balaban J connectivity index is 1.75. The lowest BCUT2D eigenvalue weighted by molar-refractivity contribution is 0.102. The van der Waals surface area contributed by atoms with E-state index in [1.807, 2.05) is 29.8 Å². The Kier molecular flexibility index (Phi) is 3.26. The topological polar surface area (TPSA) is 72.7 Å². The zero-order chi connectivity index (χ0) is 13.9. The molecule has 0 aliphatic carbocycles. The molecule has 0 fully saturated rings. The number of benzene rings is 1. The average Bonchev–Trinajstić information content (AvgIpc) is 3.11. The van der Waals surface area contributed by atoms with Crippen LogP contribution in [0.25, 0.3) is 5.69 Å². The first-order valence-corrected chi connectivity index (χ1v) is 6.74. The van der Waals surface area contributed by atoms with Gasteiger partial charge in [-0.2, -0.15) is 0 Å². The molecule has 1 amide bonds. The van der Waals surface area contributed by atoms with Gasteiger partial charge in [0.25, 0.3) is 5.91 Å². The van der Waals surface area contributed by atoms with Gasteiger partial charge >= 0.3 is 0 Å². The molecule has 0 spiro atoms. The molecule has 0 unspecified atom stereocenters. The zero-order valence-electron chi connectivity index (χ0n) is 10.6. The number of carbonyl (C=O) groups is 1. The molecule has 2 aromatic heterocycles. The highest BCUT2D eigenvalue weighted by molar-refractivity contribution is 7.15. The van der Waals surface area contributed by atoms with E-state index in [9.17, 15) is 4.79 Å². The van der Waals surface area contributed by atoms with Crippen molar-refractivity contribution in [2.45, 2.75) is 6.92 Å². The third-order valence-electron chi connectivity index (χ3n) is 2.68. The van der Waals surface area contributed by atoms with E-state index >= 15 is 0 Å². The maximum atomic E-state index is 12.0. The fourth-order valence-electron chi connectivity index (χ4n) is 1.71. The van der Waals surface area contributed by atoms with E-state index in [1.165, 1.54) is 11.3 Å². The van der Waals surface area contributed by atoms with Crippen molar-refractivity contribution in [1.82, 2.24) is 19.7 Å². The Labute approximate surface area is 119 Å². The lowest BCUT2D eigenvalue weighted by Gasteiger charge is -2.04. The van der Waals surface area contributed by atoms with Gasteiger partial charge in [0.1, 0.15) is 5.01 Å². The number of anilines is 1. The lowest BCUT2D eigenvalue weighted by Crippen LogP contribution is -2.11. The molecule has 0 saturated heterocycles. The van der Waals surface area contributed by atoms with E-state index in [2.05, 4.69) is 20.5 Å². The molecule has 3 rings (SSSR count).